The number of rotatable bonds is 6. The van der Waals surface area contributed by atoms with Crippen LogP contribution in [-0.4, -0.2) is 60.6 Å². The maximum Gasteiger partial charge on any atom is 0.0299 e. The minimum atomic E-state index is 0.914. The van der Waals surface area contributed by atoms with Crippen LogP contribution in [0.15, 0.2) is 0 Å². The van der Waals surface area contributed by atoms with Crippen molar-refractivity contribution in [1.29, 1.82) is 0 Å². The Bertz CT molecular complexity index is 131. The van der Waals surface area contributed by atoms with Gasteiger partial charge in [0, 0.05) is 31.4 Å². The largest absolute Gasteiger partial charge is 0.303 e. The van der Waals surface area contributed by atoms with Gasteiger partial charge in [0.15, 0.2) is 0 Å². The van der Waals surface area contributed by atoms with Gasteiger partial charge in [0.2, 0.25) is 0 Å². The van der Waals surface area contributed by atoms with Crippen LogP contribution in [0.2, 0.25) is 0 Å². The summed E-state index contributed by atoms with van der Waals surface area (Å²) in [4.78, 5) is 5.05. The summed E-state index contributed by atoms with van der Waals surface area (Å²) in [7, 11) is 0. The van der Waals surface area contributed by atoms with Crippen molar-refractivity contribution in [3.8, 4) is 0 Å². The molecule has 2 nitrogen and oxygen atoms in total. The fraction of sp³-hybridized carbons (Fsp3) is 1.00. The molecule has 1 saturated heterocycles. The summed E-state index contributed by atoms with van der Waals surface area (Å²) >= 11 is 2.01. The molecule has 1 fully saturated rings. The minimum Gasteiger partial charge on any atom is -0.303 e. The molecule has 1 heterocycles. The molecule has 1 aliphatic rings. The first-order valence-corrected chi connectivity index (χ1v) is 6.56. The standard InChI is InChI=1S/C10H22N2S/c1-4-11(5-2)6-7-12-8-10(9-12)13-3/h10H,4-9H2,1-3H3. The molecule has 0 atom stereocenters. The van der Waals surface area contributed by atoms with Gasteiger partial charge in [-0.1, -0.05) is 13.8 Å². The number of nitrogens with zero attached hydrogens (tertiary/aromatic N) is 2. The average Bonchev–Trinajstić information content (AvgIpc) is 2.09. The molecule has 3 heteroatoms. The summed E-state index contributed by atoms with van der Waals surface area (Å²) in [5.74, 6) is 0. The van der Waals surface area contributed by atoms with E-state index in [4.69, 9.17) is 0 Å². The van der Waals surface area contributed by atoms with Crippen molar-refractivity contribution in [2.24, 2.45) is 0 Å². The maximum atomic E-state index is 2.56. The minimum absolute atomic E-state index is 0.914. The van der Waals surface area contributed by atoms with Gasteiger partial charge >= 0.3 is 0 Å². The smallest absolute Gasteiger partial charge is 0.0299 e. The third-order valence-corrected chi connectivity index (χ3v) is 3.85. The second-order valence-electron chi connectivity index (χ2n) is 3.64. The summed E-state index contributed by atoms with van der Waals surface area (Å²) in [6, 6.07) is 0. The highest BCUT2D eigenvalue weighted by Crippen LogP contribution is 2.18. The van der Waals surface area contributed by atoms with Crippen LogP contribution in [0.1, 0.15) is 13.8 Å². The maximum absolute atomic E-state index is 2.56. The second kappa shape index (κ2) is 5.89. The Kier molecular flexibility index (Phi) is 5.14. The summed E-state index contributed by atoms with van der Waals surface area (Å²) in [6.07, 6.45) is 2.21. The quantitative estimate of drug-likeness (QED) is 0.642. The number of hydrogen-bond acceptors (Lipinski definition) is 3. The highest BCUT2D eigenvalue weighted by atomic mass is 32.2. The van der Waals surface area contributed by atoms with Crippen LogP contribution in [0.3, 0.4) is 0 Å². The van der Waals surface area contributed by atoms with Gasteiger partial charge in [0.1, 0.15) is 0 Å². The zero-order valence-corrected chi connectivity index (χ0v) is 9.94. The second-order valence-corrected chi connectivity index (χ2v) is 4.78. The number of thioether (sulfide) groups is 1. The predicted molar refractivity (Wildman–Crippen MR) is 61.5 cm³/mol. The Morgan fingerprint density at radius 3 is 2.38 bits per heavy atom. The SMILES string of the molecule is CCN(CC)CCN1CC(SC)C1. The van der Waals surface area contributed by atoms with E-state index in [-0.39, 0.29) is 0 Å². The molecule has 78 valence electrons. The van der Waals surface area contributed by atoms with Crippen molar-refractivity contribution >= 4 is 11.8 Å². The van der Waals surface area contributed by atoms with Crippen LogP contribution in [0.4, 0.5) is 0 Å². The zero-order valence-electron chi connectivity index (χ0n) is 9.12. The third-order valence-electron chi connectivity index (χ3n) is 2.88. The van der Waals surface area contributed by atoms with Crippen molar-refractivity contribution in [1.82, 2.24) is 9.80 Å². The van der Waals surface area contributed by atoms with E-state index in [1.807, 2.05) is 11.8 Å². The predicted octanol–water partition coefficient (Wildman–Crippen LogP) is 1.38. The molecule has 1 rings (SSSR count). The number of likely N-dealkylation sites (N-methyl/N-ethyl adjacent to an activating group) is 1. The van der Waals surface area contributed by atoms with Gasteiger partial charge in [0.05, 0.1) is 0 Å². The molecule has 0 aliphatic carbocycles. The number of hydrogen-bond donors (Lipinski definition) is 0. The molecular formula is C10H22N2S. The van der Waals surface area contributed by atoms with Crippen molar-refractivity contribution < 1.29 is 0 Å². The van der Waals surface area contributed by atoms with Crippen LogP contribution in [0, 0.1) is 0 Å². The van der Waals surface area contributed by atoms with E-state index in [2.05, 4.69) is 29.9 Å². The first-order valence-electron chi connectivity index (χ1n) is 5.27. The molecule has 0 spiro atoms. The van der Waals surface area contributed by atoms with E-state index < -0.39 is 0 Å². The molecule has 13 heavy (non-hydrogen) atoms. The molecular weight excluding hydrogens is 180 g/mol. The molecule has 0 radical (unpaired) electrons. The van der Waals surface area contributed by atoms with Gasteiger partial charge < -0.3 is 4.90 Å². The molecule has 0 aromatic heterocycles. The fourth-order valence-electron chi connectivity index (χ4n) is 1.68. The molecule has 1 aliphatic heterocycles. The van der Waals surface area contributed by atoms with E-state index in [1.165, 1.54) is 39.3 Å². The first kappa shape index (κ1) is 11.3. The Balaban J connectivity index is 2.01. The summed E-state index contributed by atoms with van der Waals surface area (Å²) in [5.41, 5.74) is 0. The summed E-state index contributed by atoms with van der Waals surface area (Å²) < 4.78 is 0. The van der Waals surface area contributed by atoms with E-state index in [9.17, 15) is 0 Å². The Labute approximate surface area is 86.7 Å². The van der Waals surface area contributed by atoms with Crippen molar-refractivity contribution in [3.05, 3.63) is 0 Å². The van der Waals surface area contributed by atoms with E-state index >= 15 is 0 Å². The lowest BCUT2D eigenvalue weighted by molar-refractivity contribution is 0.159. The fourth-order valence-corrected chi connectivity index (χ4v) is 2.40. The van der Waals surface area contributed by atoms with Crippen LogP contribution in [0.5, 0.6) is 0 Å². The van der Waals surface area contributed by atoms with Crippen LogP contribution in [-0.2, 0) is 0 Å². The molecule has 0 N–H and O–H groups in total. The summed E-state index contributed by atoms with van der Waals surface area (Å²) in [5, 5.41) is 0.914. The lowest BCUT2D eigenvalue weighted by Crippen LogP contribution is -2.51. The van der Waals surface area contributed by atoms with E-state index in [0.29, 0.717) is 0 Å². The van der Waals surface area contributed by atoms with Gasteiger partial charge in [-0.3, -0.25) is 4.90 Å². The van der Waals surface area contributed by atoms with Gasteiger partial charge in [0.25, 0.3) is 0 Å². The van der Waals surface area contributed by atoms with Crippen LogP contribution >= 0.6 is 11.8 Å². The van der Waals surface area contributed by atoms with Crippen molar-refractivity contribution in [2.45, 2.75) is 19.1 Å². The van der Waals surface area contributed by atoms with E-state index in [1.54, 1.807) is 0 Å². The number of likely N-dealkylation sites (tertiary alicyclic amines) is 1. The molecule has 0 unspecified atom stereocenters. The van der Waals surface area contributed by atoms with E-state index in [0.717, 1.165) is 5.25 Å². The topological polar surface area (TPSA) is 6.48 Å². The van der Waals surface area contributed by atoms with Gasteiger partial charge in [-0.15, -0.1) is 0 Å². The average molecular weight is 202 g/mol. The monoisotopic (exact) mass is 202 g/mol. The van der Waals surface area contributed by atoms with Gasteiger partial charge in [-0.2, -0.15) is 11.8 Å². The Morgan fingerprint density at radius 1 is 1.31 bits per heavy atom. The summed E-state index contributed by atoms with van der Waals surface area (Å²) in [6.45, 7) is 12.0. The van der Waals surface area contributed by atoms with Crippen LogP contribution < -0.4 is 0 Å². The van der Waals surface area contributed by atoms with Crippen LogP contribution in [0.25, 0.3) is 0 Å². The highest BCUT2D eigenvalue weighted by molar-refractivity contribution is 7.99. The molecule has 0 aromatic carbocycles. The molecule has 0 saturated carbocycles. The van der Waals surface area contributed by atoms with Gasteiger partial charge in [-0.25, -0.2) is 0 Å². The lowest BCUT2D eigenvalue weighted by atomic mass is 10.2. The van der Waals surface area contributed by atoms with Crippen molar-refractivity contribution in [3.63, 3.8) is 0 Å². The first-order chi connectivity index (χ1) is 6.30. The van der Waals surface area contributed by atoms with Gasteiger partial charge in [-0.05, 0) is 19.3 Å². The molecule has 0 bridgehead atoms. The molecule has 0 aromatic rings. The Morgan fingerprint density at radius 2 is 1.92 bits per heavy atom. The zero-order chi connectivity index (χ0) is 9.68. The Hall–Kier alpha value is 0.270. The third kappa shape index (κ3) is 3.49. The highest BCUT2D eigenvalue weighted by Gasteiger charge is 2.24. The normalized spacial score (nSPS) is 19.4. The van der Waals surface area contributed by atoms with Crippen molar-refractivity contribution in [2.75, 3.05) is 45.5 Å². The molecule has 0 amide bonds. The lowest BCUT2D eigenvalue weighted by Gasteiger charge is -2.39.